The number of nitrogens with zero attached hydrogens (tertiary/aromatic N) is 6. The quantitative estimate of drug-likeness (QED) is 0.382. The van der Waals surface area contributed by atoms with Gasteiger partial charge in [-0.15, -0.1) is 0 Å². The maximum atomic E-state index is 5.02. The average molecular weight is 482 g/mol. The minimum Gasteiger partial charge on any atom is -0.369 e. The highest BCUT2D eigenvalue weighted by Gasteiger charge is 2.29. The molecular formula is C29H35N7. The number of benzene rings is 1. The predicted molar refractivity (Wildman–Crippen MR) is 147 cm³/mol. The molecule has 6 rings (SSSR count). The first kappa shape index (κ1) is 23.0. The molecule has 0 bridgehead atoms. The van der Waals surface area contributed by atoms with Gasteiger partial charge >= 0.3 is 0 Å². The Labute approximate surface area is 213 Å². The van der Waals surface area contributed by atoms with Crippen molar-refractivity contribution >= 4 is 28.4 Å². The molecule has 0 spiro atoms. The number of anilines is 3. The second-order valence-corrected chi connectivity index (χ2v) is 10.7. The van der Waals surface area contributed by atoms with Crippen LogP contribution < -0.4 is 10.2 Å². The molecule has 7 nitrogen and oxygen atoms in total. The Morgan fingerprint density at radius 2 is 1.75 bits per heavy atom. The normalized spacial score (nSPS) is 16.7. The zero-order valence-corrected chi connectivity index (χ0v) is 21.5. The Morgan fingerprint density at radius 1 is 0.972 bits per heavy atom. The molecule has 1 saturated carbocycles. The van der Waals surface area contributed by atoms with Gasteiger partial charge in [0.15, 0.2) is 5.65 Å². The summed E-state index contributed by atoms with van der Waals surface area (Å²) in [6, 6.07) is 17.2. The van der Waals surface area contributed by atoms with E-state index in [2.05, 4.69) is 94.1 Å². The lowest BCUT2D eigenvalue weighted by atomic mass is 10.1. The van der Waals surface area contributed by atoms with Crippen molar-refractivity contribution in [2.45, 2.75) is 39.0 Å². The van der Waals surface area contributed by atoms with Crippen LogP contribution in [0.1, 0.15) is 44.0 Å². The Kier molecular flexibility index (Phi) is 6.09. The Balaban J connectivity index is 1.29. The van der Waals surface area contributed by atoms with Crippen molar-refractivity contribution in [2.75, 3.05) is 43.4 Å². The molecule has 186 valence electrons. The maximum Gasteiger partial charge on any atom is 0.229 e. The van der Waals surface area contributed by atoms with Crippen LogP contribution in [-0.2, 0) is 6.42 Å². The Hall–Kier alpha value is -3.45. The lowest BCUT2D eigenvalue weighted by Gasteiger charge is -2.34. The van der Waals surface area contributed by atoms with Gasteiger partial charge in [0, 0.05) is 60.5 Å². The number of rotatable bonds is 7. The van der Waals surface area contributed by atoms with E-state index < -0.39 is 0 Å². The van der Waals surface area contributed by atoms with Crippen molar-refractivity contribution in [3.63, 3.8) is 0 Å². The standard InChI is InChI=1S/C29H35N7/c1-20(2)17-24-5-4-6-27(31-24)36-26(21-7-8-21)18-22-19-30-29(33-28(22)36)32-23-9-11-25(12-10-23)35-15-13-34(3)14-16-35/h4-6,9-12,18-21H,7-8,13-17H2,1-3H3,(H,30,32,33). The van der Waals surface area contributed by atoms with Crippen LogP contribution >= 0.6 is 0 Å². The van der Waals surface area contributed by atoms with E-state index in [0.717, 1.165) is 60.8 Å². The third-order valence-corrected chi connectivity index (χ3v) is 7.20. The van der Waals surface area contributed by atoms with Gasteiger partial charge in [0.2, 0.25) is 5.95 Å². The summed E-state index contributed by atoms with van der Waals surface area (Å²) in [6.45, 7) is 8.80. The molecule has 0 atom stereocenters. The fourth-order valence-corrected chi connectivity index (χ4v) is 5.06. The van der Waals surface area contributed by atoms with E-state index in [0.29, 0.717) is 17.8 Å². The third kappa shape index (κ3) is 4.80. The summed E-state index contributed by atoms with van der Waals surface area (Å²) < 4.78 is 2.25. The van der Waals surface area contributed by atoms with Gasteiger partial charge in [0.1, 0.15) is 5.82 Å². The van der Waals surface area contributed by atoms with Gasteiger partial charge in [0.25, 0.3) is 0 Å². The summed E-state index contributed by atoms with van der Waals surface area (Å²) in [6.07, 6.45) is 5.35. The van der Waals surface area contributed by atoms with Crippen molar-refractivity contribution in [3.05, 3.63) is 66.1 Å². The minimum absolute atomic E-state index is 0.567. The van der Waals surface area contributed by atoms with Crippen LogP contribution in [0.3, 0.4) is 0 Å². The molecule has 4 heterocycles. The molecule has 2 aliphatic rings. The van der Waals surface area contributed by atoms with E-state index in [1.54, 1.807) is 0 Å². The molecule has 0 amide bonds. The zero-order valence-electron chi connectivity index (χ0n) is 21.5. The first-order valence-electron chi connectivity index (χ1n) is 13.2. The summed E-state index contributed by atoms with van der Waals surface area (Å²) in [5, 5.41) is 4.48. The van der Waals surface area contributed by atoms with Gasteiger partial charge in [0.05, 0.1) is 0 Å². The second kappa shape index (κ2) is 9.54. The van der Waals surface area contributed by atoms with Gasteiger partial charge in [-0.1, -0.05) is 19.9 Å². The van der Waals surface area contributed by atoms with Crippen molar-refractivity contribution in [1.82, 2.24) is 24.4 Å². The van der Waals surface area contributed by atoms with E-state index in [1.807, 2.05) is 6.20 Å². The van der Waals surface area contributed by atoms with Crippen molar-refractivity contribution in [3.8, 4) is 5.82 Å². The number of hydrogen-bond acceptors (Lipinski definition) is 6. The lowest BCUT2D eigenvalue weighted by Crippen LogP contribution is -2.44. The van der Waals surface area contributed by atoms with E-state index in [4.69, 9.17) is 9.97 Å². The van der Waals surface area contributed by atoms with Gasteiger partial charge in [-0.05, 0) is 80.6 Å². The highest BCUT2D eigenvalue weighted by Crippen LogP contribution is 2.43. The highest BCUT2D eigenvalue weighted by atomic mass is 15.2. The van der Waals surface area contributed by atoms with Gasteiger partial charge in [-0.3, -0.25) is 4.57 Å². The third-order valence-electron chi connectivity index (χ3n) is 7.20. The molecule has 0 radical (unpaired) electrons. The fourth-order valence-electron chi connectivity index (χ4n) is 5.06. The van der Waals surface area contributed by atoms with Gasteiger partial charge in [-0.2, -0.15) is 4.98 Å². The number of piperazine rings is 1. The Morgan fingerprint density at radius 3 is 2.47 bits per heavy atom. The number of hydrogen-bond donors (Lipinski definition) is 1. The van der Waals surface area contributed by atoms with Crippen LogP contribution in [0.15, 0.2) is 54.7 Å². The molecule has 1 saturated heterocycles. The molecule has 1 aliphatic carbocycles. The van der Waals surface area contributed by atoms with Gasteiger partial charge < -0.3 is 15.1 Å². The molecular weight excluding hydrogens is 446 g/mol. The molecule has 36 heavy (non-hydrogen) atoms. The van der Waals surface area contributed by atoms with Gasteiger partial charge in [-0.25, -0.2) is 9.97 Å². The van der Waals surface area contributed by atoms with Crippen LogP contribution in [0.25, 0.3) is 16.9 Å². The smallest absolute Gasteiger partial charge is 0.229 e. The lowest BCUT2D eigenvalue weighted by molar-refractivity contribution is 0.313. The number of nitrogens with one attached hydrogen (secondary N) is 1. The van der Waals surface area contributed by atoms with Crippen molar-refractivity contribution in [1.29, 1.82) is 0 Å². The van der Waals surface area contributed by atoms with E-state index in [-0.39, 0.29) is 0 Å². The van der Waals surface area contributed by atoms with E-state index in [1.165, 1.54) is 24.2 Å². The Bertz CT molecular complexity index is 1350. The van der Waals surface area contributed by atoms with E-state index >= 15 is 0 Å². The summed E-state index contributed by atoms with van der Waals surface area (Å²) >= 11 is 0. The summed E-state index contributed by atoms with van der Waals surface area (Å²) in [7, 11) is 2.18. The molecule has 4 aromatic rings. The van der Waals surface area contributed by atoms with Crippen LogP contribution in [0.2, 0.25) is 0 Å². The summed E-state index contributed by atoms with van der Waals surface area (Å²) in [5.41, 5.74) is 5.59. The number of fused-ring (bicyclic) bond motifs is 1. The summed E-state index contributed by atoms with van der Waals surface area (Å²) in [4.78, 5) is 19.5. The zero-order chi connectivity index (χ0) is 24.6. The van der Waals surface area contributed by atoms with Crippen LogP contribution in [0, 0.1) is 5.92 Å². The first-order chi connectivity index (χ1) is 17.5. The predicted octanol–water partition coefficient (Wildman–Crippen LogP) is 5.39. The monoisotopic (exact) mass is 481 g/mol. The molecule has 1 aliphatic heterocycles. The fraction of sp³-hybridized carbons (Fsp3) is 0.414. The van der Waals surface area contributed by atoms with Crippen LogP contribution in [0.5, 0.6) is 0 Å². The molecule has 0 unspecified atom stereocenters. The number of likely N-dealkylation sites (N-methyl/N-ethyl adjacent to an activating group) is 1. The second-order valence-electron chi connectivity index (χ2n) is 10.7. The SMILES string of the molecule is CC(C)Cc1cccc(-n2c(C3CC3)cc3cnc(Nc4ccc(N5CCN(C)CC5)cc4)nc32)n1. The maximum absolute atomic E-state index is 5.02. The van der Waals surface area contributed by atoms with Crippen LogP contribution in [0.4, 0.5) is 17.3 Å². The molecule has 3 aromatic heterocycles. The largest absolute Gasteiger partial charge is 0.369 e. The minimum atomic E-state index is 0.567. The average Bonchev–Trinajstić information content (AvgIpc) is 3.65. The van der Waals surface area contributed by atoms with Crippen molar-refractivity contribution in [2.24, 2.45) is 5.92 Å². The molecule has 2 fully saturated rings. The molecule has 7 heteroatoms. The molecule has 1 N–H and O–H groups in total. The number of aromatic nitrogens is 4. The van der Waals surface area contributed by atoms with Crippen molar-refractivity contribution < 1.29 is 0 Å². The van der Waals surface area contributed by atoms with E-state index in [9.17, 15) is 0 Å². The highest BCUT2D eigenvalue weighted by molar-refractivity contribution is 5.80. The first-order valence-corrected chi connectivity index (χ1v) is 13.2. The topological polar surface area (TPSA) is 62.1 Å². The molecule has 1 aromatic carbocycles. The number of pyridine rings is 1. The summed E-state index contributed by atoms with van der Waals surface area (Å²) in [5.74, 6) is 2.70. The van der Waals surface area contributed by atoms with Crippen LogP contribution in [-0.4, -0.2) is 57.6 Å².